The van der Waals surface area contributed by atoms with Crippen LogP contribution in [0.3, 0.4) is 0 Å². The lowest BCUT2D eigenvalue weighted by Gasteiger charge is -2.26. The molecule has 2 fully saturated rings. The van der Waals surface area contributed by atoms with Crippen LogP contribution in [-0.2, 0) is 19.1 Å². The second kappa shape index (κ2) is 9.48. The summed E-state index contributed by atoms with van der Waals surface area (Å²) in [5, 5.41) is 1.23. The first-order chi connectivity index (χ1) is 15.0. The van der Waals surface area contributed by atoms with Crippen LogP contribution in [0.25, 0.3) is 6.08 Å². The van der Waals surface area contributed by atoms with E-state index < -0.39 is 11.8 Å². The minimum atomic E-state index is -0.458. The normalized spacial score (nSPS) is 17.8. The average Bonchev–Trinajstić information content (AvgIpc) is 3.08. The van der Waals surface area contributed by atoms with Gasteiger partial charge in [-0.1, -0.05) is 24.3 Å². The van der Waals surface area contributed by atoms with Gasteiger partial charge in [-0.2, -0.15) is 0 Å². The monoisotopic (exact) mass is 533 g/mol. The van der Waals surface area contributed by atoms with Crippen LogP contribution >= 0.6 is 22.6 Å². The maximum Gasteiger partial charge on any atom is 0.282 e. The quantitative estimate of drug-likeness (QED) is 0.361. The van der Waals surface area contributed by atoms with Gasteiger partial charge >= 0.3 is 0 Å². The Bertz CT molecular complexity index is 1030. The molecule has 2 heterocycles. The van der Waals surface area contributed by atoms with E-state index in [-0.39, 0.29) is 18.1 Å². The highest BCUT2D eigenvalue weighted by Gasteiger charge is 2.34. The van der Waals surface area contributed by atoms with E-state index in [0.29, 0.717) is 43.3 Å². The van der Waals surface area contributed by atoms with Gasteiger partial charge < -0.3 is 14.4 Å². The number of amides is 3. The highest BCUT2D eigenvalue weighted by Crippen LogP contribution is 2.25. The van der Waals surface area contributed by atoms with Crippen LogP contribution in [-0.4, -0.2) is 55.5 Å². The molecule has 31 heavy (non-hydrogen) atoms. The standard InChI is InChI=1S/C22H20IN3O5/c23-18-13-15(6-7-19(18)31-14-20(27)25-8-10-30-11-9-25)12-17-21(28)24-26(22(17)29)16-4-2-1-3-5-16/h1-7,12-13H,8-11,14H2,(H,24,28)/b17-12-. The van der Waals surface area contributed by atoms with Crippen LogP contribution in [0.5, 0.6) is 5.75 Å². The lowest BCUT2D eigenvalue weighted by molar-refractivity contribution is -0.137. The number of halogens is 1. The number of hydrogen-bond acceptors (Lipinski definition) is 5. The number of carbonyl (C=O) groups is 3. The maximum atomic E-state index is 12.7. The lowest BCUT2D eigenvalue weighted by atomic mass is 10.1. The van der Waals surface area contributed by atoms with E-state index in [9.17, 15) is 14.4 Å². The molecular weight excluding hydrogens is 513 g/mol. The van der Waals surface area contributed by atoms with Gasteiger partial charge in [0.2, 0.25) is 0 Å². The van der Waals surface area contributed by atoms with Crippen molar-refractivity contribution in [1.29, 1.82) is 0 Å². The molecule has 0 aromatic heterocycles. The first kappa shape index (κ1) is 21.3. The molecule has 0 radical (unpaired) electrons. The Kier molecular flexibility index (Phi) is 6.52. The highest BCUT2D eigenvalue weighted by atomic mass is 127. The van der Waals surface area contributed by atoms with Crippen LogP contribution in [0.15, 0.2) is 54.1 Å². The summed E-state index contributed by atoms with van der Waals surface area (Å²) in [5.41, 5.74) is 3.91. The summed E-state index contributed by atoms with van der Waals surface area (Å²) in [6.45, 7) is 2.18. The number of ether oxygens (including phenoxy) is 2. The van der Waals surface area contributed by atoms with Crippen molar-refractivity contribution in [2.45, 2.75) is 0 Å². The van der Waals surface area contributed by atoms with Gasteiger partial charge in [0, 0.05) is 13.1 Å². The van der Waals surface area contributed by atoms with E-state index in [4.69, 9.17) is 9.47 Å². The van der Waals surface area contributed by atoms with E-state index in [1.165, 1.54) is 5.01 Å². The maximum absolute atomic E-state index is 12.7. The molecule has 8 nitrogen and oxygen atoms in total. The SMILES string of the molecule is O=C1NN(c2ccccc2)C(=O)/C1=C\c1ccc(OCC(=O)N2CCOCC2)c(I)c1. The molecule has 2 aliphatic rings. The fourth-order valence-electron chi connectivity index (χ4n) is 3.25. The van der Waals surface area contributed by atoms with Gasteiger partial charge in [-0.15, -0.1) is 0 Å². The molecule has 3 amide bonds. The van der Waals surface area contributed by atoms with E-state index in [1.54, 1.807) is 53.4 Å². The summed E-state index contributed by atoms with van der Waals surface area (Å²) >= 11 is 2.10. The van der Waals surface area contributed by atoms with Crippen LogP contribution < -0.4 is 15.2 Å². The van der Waals surface area contributed by atoms with Crippen LogP contribution in [0.1, 0.15) is 5.56 Å². The van der Waals surface area contributed by atoms with Gasteiger partial charge in [0.05, 0.1) is 22.5 Å². The number of para-hydroxylation sites is 1. The fraction of sp³-hybridized carbons (Fsp3) is 0.227. The Morgan fingerprint density at radius 2 is 1.87 bits per heavy atom. The number of carbonyl (C=O) groups excluding carboxylic acids is 3. The molecule has 9 heteroatoms. The van der Waals surface area contributed by atoms with Crippen molar-refractivity contribution < 1.29 is 23.9 Å². The van der Waals surface area contributed by atoms with Crippen molar-refractivity contribution in [3.05, 3.63) is 63.2 Å². The van der Waals surface area contributed by atoms with E-state index in [0.717, 1.165) is 3.57 Å². The molecular formula is C22H20IN3O5. The average molecular weight is 533 g/mol. The van der Waals surface area contributed by atoms with Gasteiger partial charge in [0.25, 0.3) is 17.7 Å². The first-order valence-corrected chi connectivity index (χ1v) is 10.8. The molecule has 0 aliphatic carbocycles. The van der Waals surface area contributed by atoms with Crippen molar-refractivity contribution >= 4 is 52.1 Å². The number of nitrogens with one attached hydrogen (secondary N) is 1. The Hall–Kier alpha value is -2.92. The number of hydrazine groups is 1. The molecule has 0 unspecified atom stereocenters. The van der Waals surface area contributed by atoms with Crippen LogP contribution in [0.4, 0.5) is 5.69 Å². The number of morpholine rings is 1. The van der Waals surface area contributed by atoms with Crippen molar-refractivity contribution in [2.75, 3.05) is 37.9 Å². The van der Waals surface area contributed by atoms with Crippen molar-refractivity contribution in [3.63, 3.8) is 0 Å². The fourth-order valence-corrected chi connectivity index (χ4v) is 3.95. The predicted octanol–water partition coefficient (Wildman–Crippen LogP) is 1.99. The molecule has 0 spiro atoms. The third-order valence-electron chi connectivity index (χ3n) is 4.89. The predicted molar refractivity (Wildman–Crippen MR) is 122 cm³/mol. The molecule has 2 aromatic carbocycles. The summed E-state index contributed by atoms with van der Waals surface area (Å²) in [5.74, 6) is -0.389. The Labute approximate surface area is 192 Å². The zero-order chi connectivity index (χ0) is 21.8. The van der Waals surface area contributed by atoms with Crippen LogP contribution in [0.2, 0.25) is 0 Å². The van der Waals surface area contributed by atoms with Crippen molar-refractivity contribution in [1.82, 2.24) is 10.3 Å². The second-order valence-corrected chi connectivity index (χ2v) is 8.11. The number of benzene rings is 2. The highest BCUT2D eigenvalue weighted by molar-refractivity contribution is 14.1. The third-order valence-corrected chi connectivity index (χ3v) is 5.73. The largest absolute Gasteiger partial charge is 0.483 e. The molecule has 2 saturated heterocycles. The summed E-state index contributed by atoms with van der Waals surface area (Å²) in [6, 6.07) is 14.2. The van der Waals surface area contributed by atoms with Gasteiger partial charge in [-0.3, -0.25) is 19.8 Å². The minimum Gasteiger partial charge on any atom is -0.483 e. The number of anilines is 1. The molecule has 0 bridgehead atoms. The zero-order valence-corrected chi connectivity index (χ0v) is 18.7. The third kappa shape index (κ3) is 4.88. The van der Waals surface area contributed by atoms with Gasteiger partial charge in [0.15, 0.2) is 6.61 Å². The smallest absolute Gasteiger partial charge is 0.282 e. The zero-order valence-electron chi connectivity index (χ0n) is 16.5. The Morgan fingerprint density at radius 3 is 2.58 bits per heavy atom. The summed E-state index contributed by atoms with van der Waals surface area (Å²) in [4.78, 5) is 39.0. The summed E-state index contributed by atoms with van der Waals surface area (Å²) in [6.07, 6.45) is 1.55. The summed E-state index contributed by atoms with van der Waals surface area (Å²) in [7, 11) is 0. The molecule has 2 aliphatic heterocycles. The van der Waals surface area contributed by atoms with E-state index in [2.05, 4.69) is 28.0 Å². The molecule has 0 saturated carbocycles. The Balaban J connectivity index is 1.44. The lowest BCUT2D eigenvalue weighted by Crippen LogP contribution is -2.43. The Morgan fingerprint density at radius 1 is 1.13 bits per heavy atom. The van der Waals surface area contributed by atoms with Gasteiger partial charge in [0.1, 0.15) is 11.3 Å². The molecule has 0 atom stereocenters. The van der Waals surface area contributed by atoms with E-state index in [1.807, 2.05) is 6.07 Å². The number of rotatable bonds is 5. The molecule has 2 aromatic rings. The van der Waals surface area contributed by atoms with Crippen molar-refractivity contribution in [2.24, 2.45) is 0 Å². The second-order valence-electron chi connectivity index (χ2n) is 6.95. The molecule has 4 rings (SSSR count). The van der Waals surface area contributed by atoms with Gasteiger partial charge in [-0.25, -0.2) is 5.01 Å². The minimum absolute atomic E-state index is 0.0517. The van der Waals surface area contributed by atoms with Gasteiger partial charge in [-0.05, 0) is 58.5 Å². The van der Waals surface area contributed by atoms with E-state index >= 15 is 0 Å². The first-order valence-electron chi connectivity index (χ1n) is 9.73. The van der Waals surface area contributed by atoms with Crippen LogP contribution in [0, 0.1) is 3.57 Å². The molecule has 160 valence electrons. The molecule has 1 N–H and O–H groups in total. The van der Waals surface area contributed by atoms with Crippen molar-refractivity contribution in [3.8, 4) is 5.75 Å². The topological polar surface area (TPSA) is 88.2 Å². The summed E-state index contributed by atoms with van der Waals surface area (Å²) < 4.78 is 11.7. The number of hydrogen-bond donors (Lipinski definition) is 1. The number of nitrogens with zero attached hydrogens (tertiary/aromatic N) is 2.